The van der Waals surface area contributed by atoms with Crippen LogP contribution >= 0.6 is 0 Å². The number of carbonyl (C=O) groups is 1. The minimum atomic E-state index is 0.319. The van der Waals surface area contributed by atoms with Gasteiger partial charge in [0.05, 0.1) is 6.54 Å². The third kappa shape index (κ3) is 5.26. The van der Waals surface area contributed by atoms with E-state index in [-0.39, 0.29) is 0 Å². The van der Waals surface area contributed by atoms with Gasteiger partial charge < -0.3 is 9.80 Å². The van der Waals surface area contributed by atoms with Crippen LogP contribution in [0.25, 0.3) is 0 Å². The van der Waals surface area contributed by atoms with Crippen molar-refractivity contribution in [3.63, 3.8) is 0 Å². The molecule has 1 aliphatic carbocycles. The Bertz CT molecular complexity index is 318. The van der Waals surface area contributed by atoms with Crippen LogP contribution in [0.15, 0.2) is 0 Å². The third-order valence-corrected chi connectivity index (χ3v) is 4.96. The second-order valence-electron chi connectivity index (χ2n) is 7.27. The number of piperazine rings is 1. The molecule has 0 aromatic heterocycles. The van der Waals surface area contributed by atoms with Crippen molar-refractivity contribution < 1.29 is 4.79 Å². The van der Waals surface area contributed by atoms with Gasteiger partial charge in [0, 0.05) is 45.8 Å². The summed E-state index contributed by atoms with van der Waals surface area (Å²) in [5, 5.41) is 0. The van der Waals surface area contributed by atoms with Gasteiger partial charge in [0.2, 0.25) is 5.91 Å². The van der Waals surface area contributed by atoms with E-state index in [1.165, 1.54) is 38.6 Å². The van der Waals surface area contributed by atoms with E-state index in [4.69, 9.17) is 0 Å². The van der Waals surface area contributed by atoms with Gasteiger partial charge >= 0.3 is 0 Å². The van der Waals surface area contributed by atoms with Gasteiger partial charge in [-0.1, -0.05) is 33.1 Å². The van der Waals surface area contributed by atoms with Crippen LogP contribution in [0.5, 0.6) is 0 Å². The van der Waals surface area contributed by atoms with Gasteiger partial charge in [0.25, 0.3) is 0 Å². The number of hydrogen-bond acceptors (Lipinski definition) is 3. The number of likely N-dealkylation sites (N-methyl/N-ethyl adjacent to an activating group) is 1. The fourth-order valence-corrected chi connectivity index (χ4v) is 3.62. The standard InChI is InChI=1S/C17H33N3O/c1-15(2)13-19-9-11-20(12-10-19)14-17(21)18(3)16-7-5-4-6-8-16/h15-16H,4-14H2,1-3H3. The number of amides is 1. The molecule has 0 bridgehead atoms. The molecule has 21 heavy (non-hydrogen) atoms. The van der Waals surface area contributed by atoms with Crippen molar-refractivity contribution >= 4 is 5.91 Å². The molecule has 1 heterocycles. The van der Waals surface area contributed by atoms with Crippen LogP contribution in [0.1, 0.15) is 46.0 Å². The third-order valence-electron chi connectivity index (χ3n) is 4.96. The maximum Gasteiger partial charge on any atom is 0.236 e. The van der Waals surface area contributed by atoms with Crippen LogP contribution in [0.2, 0.25) is 0 Å². The van der Waals surface area contributed by atoms with E-state index in [9.17, 15) is 4.79 Å². The maximum atomic E-state index is 12.4. The Hall–Kier alpha value is -0.610. The molecule has 0 N–H and O–H groups in total. The van der Waals surface area contributed by atoms with E-state index in [2.05, 4.69) is 23.6 Å². The van der Waals surface area contributed by atoms with Crippen molar-refractivity contribution in [2.24, 2.45) is 5.92 Å². The molecule has 0 atom stereocenters. The lowest BCUT2D eigenvalue weighted by Gasteiger charge is -2.37. The summed E-state index contributed by atoms with van der Waals surface area (Å²) in [4.78, 5) is 19.3. The molecule has 0 aromatic carbocycles. The van der Waals surface area contributed by atoms with Gasteiger partial charge in [0.1, 0.15) is 0 Å². The molecule has 1 amide bonds. The zero-order valence-corrected chi connectivity index (χ0v) is 14.2. The van der Waals surface area contributed by atoms with Gasteiger partial charge in [-0.25, -0.2) is 0 Å². The number of carbonyl (C=O) groups excluding carboxylic acids is 1. The van der Waals surface area contributed by atoms with Crippen molar-refractivity contribution in [3.8, 4) is 0 Å². The topological polar surface area (TPSA) is 26.8 Å². The fraction of sp³-hybridized carbons (Fsp3) is 0.941. The lowest BCUT2D eigenvalue weighted by Crippen LogP contribution is -2.51. The van der Waals surface area contributed by atoms with Gasteiger partial charge in [-0.2, -0.15) is 0 Å². The SMILES string of the molecule is CC(C)CN1CCN(CC(=O)N(C)C2CCCCC2)CC1. The van der Waals surface area contributed by atoms with Crippen LogP contribution in [-0.2, 0) is 4.79 Å². The largest absolute Gasteiger partial charge is 0.342 e. The first-order chi connectivity index (χ1) is 10.1. The van der Waals surface area contributed by atoms with Crippen molar-refractivity contribution in [2.75, 3.05) is 46.3 Å². The highest BCUT2D eigenvalue weighted by Crippen LogP contribution is 2.21. The Balaban J connectivity index is 1.71. The Morgan fingerprint density at radius 3 is 2.19 bits per heavy atom. The zero-order valence-electron chi connectivity index (χ0n) is 14.2. The van der Waals surface area contributed by atoms with Gasteiger partial charge in [-0.05, 0) is 18.8 Å². The molecule has 122 valence electrons. The molecule has 2 fully saturated rings. The molecule has 0 radical (unpaired) electrons. The van der Waals surface area contributed by atoms with Crippen LogP contribution < -0.4 is 0 Å². The van der Waals surface area contributed by atoms with Crippen molar-refractivity contribution in [2.45, 2.75) is 52.0 Å². The molecule has 2 rings (SSSR count). The second-order valence-corrected chi connectivity index (χ2v) is 7.27. The van der Waals surface area contributed by atoms with E-state index in [1.54, 1.807) is 0 Å². The van der Waals surface area contributed by atoms with Gasteiger partial charge in [-0.15, -0.1) is 0 Å². The first-order valence-electron chi connectivity index (χ1n) is 8.76. The smallest absolute Gasteiger partial charge is 0.236 e. The molecule has 1 saturated carbocycles. The molecular formula is C17H33N3O. The Morgan fingerprint density at radius 2 is 1.62 bits per heavy atom. The lowest BCUT2D eigenvalue weighted by atomic mass is 9.94. The summed E-state index contributed by atoms with van der Waals surface area (Å²) in [6, 6.07) is 0.494. The summed E-state index contributed by atoms with van der Waals surface area (Å²) in [6.07, 6.45) is 6.32. The van der Waals surface area contributed by atoms with E-state index in [1.807, 2.05) is 11.9 Å². The Morgan fingerprint density at radius 1 is 1.05 bits per heavy atom. The summed E-state index contributed by atoms with van der Waals surface area (Å²) in [5.74, 6) is 1.05. The average Bonchev–Trinajstić information content (AvgIpc) is 2.49. The van der Waals surface area contributed by atoms with Gasteiger partial charge in [-0.3, -0.25) is 9.69 Å². The molecule has 4 nitrogen and oxygen atoms in total. The first-order valence-corrected chi connectivity index (χ1v) is 8.76. The van der Waals surface area contributed by atoms with E-state index < -0.39 is 0 Å². The van der Waals surface area contributed by atoms with Crippen molar-refractivity contribution in [3.05, 3.63) is 0 Å². The average molecular weight is 295 g/mol. The van der Waals surface area contributed by atoms with Crippen LogP contribution in [0.4, 0.5) is 0 Å². The summed E-state index contributed by atoms with van der Waals surface area (Å²) >= 11 is 0. The first kappa shape index (κ1) is 16.8. The molecular weight excluding hydrogens is 262 g/mol. The second kappa shape index (κ2) is 8.14. The summed E-state index contributed by atoms with van der Waals surface area (Å²) in [5.41, 5.74) is 0. The normalized spacial score (nSPS) is 22.7. The van der Waals surface area contributed by atoms with Gasteiger partial charge in [0.15, 0.2) is 0 Å². The molecule has 2 aliphatic rings. The minimum absolute atomic E-state index is 0.319. The van der Waals surface area contributed by atoms with E-state index >= 15 is 0 Å². The highest BCUT2D eigenvalue weighted by molar-refractivity contribution is 5.78. The van der Waals surface area contributed by atoms with E-state index in [0.29, 0.717) is 18.5 Å². The minimum Gasteiger partial charge on any atom is -0.342 e. The number of nitrogens with zero attached hydrogens (tertiary/aromatic N) is 3. The van der Waals surface area contributed by atoms with Crippen LogP contribution in [0, 0.1) is 5.92 Å². The number of rotatable bonds is 5. The fourth-order valence-electron chi connectivity index (χ4n) is 3.62. The predicted octanol–water partition coefficient (Wildman–Crippen LogP) is 2.05. The van der Waals surface area contributed by atoms with Crippen molar-refractivity contribution in [1.29, 1.82) is 0 Å². The molecule has 0 spiro atoms. The Kier molecular flexibility index (Phi) is 6.49. The van der Waals surface area contributed by atoms with Crippen molar-refractivity contribution in [1.82, 2.24) is 14.7 Å². The highest BCUT2D eigenvalue weighted by Gasteiger charge is 2.25. The highest BCUT2D eigenvalue weighted by atomic mass is 16.2. The zero-order chi connectivity index (χ0) is 15.2. The summed E-state index contributed by atoms with van der Waals surface area (Å²) in [6.45, 7) is 10.6. The maximum absolute atomic E-state index is 12.4. The molecule has 1 aliphatic heterocycles. The molecule has 0 unspecified atom stereocenters. The quantitative estimate of drug-likeness (QED) is 0.777. The lowest BCUT2D eigenvalue weighted by molar-refractivity contribution is -0.134. The van der Waals surface area contributed by atoms with Crippen LogP contribution in [-0.4, -0.2) is 73.0 Å². The predicted molar refractivity (Wildman–Crippen MR) is 87.4 cm³/mol. The summed E-state index contributed by atoms with van der Waals surface area (Å²) in [7, 11) is 2.01. The monoisotopic (exact) mass is 295 g/mol. The molecule has 4 heteroatoms. The molecule has 0 aromatic rings. The Labute approximate surface area is 130 Å². The molecule has 1 saturated heterocycles. The van der Waals surface area contributed by atoms with Crippen LogP contribution in [0.3, 0.4) is 0 Å². The number of hydrogen-bond donors (Lipinski definition) is 0. The van der Waals surface area contributed by atoms with E-state index in [0.717, 1.165) is 32.1 Å². The summed E-state index contributed by atoms with van der Waals surface area (Å²) < 4.78 is 0.